The van der Waals surface area contributed by atoms with Gasteiger partial charge >= 0.3 is 0 Å². The Bertz CT molecular complexity index is 389. The van der Waals surface area contributed by atoms with Crippen LogP contribution in [0.3, 0.4) is 0 Å². The third-order valence-corrected chi connectivity index (χ3v) is 4.18. The molecular formula is C14H22N4O. The van der Waals surface area contributed by atoms with E-state index in [9.17, 15) is 0 Å². The number of rotatable bonds is 2. The van der Waals surface area contributed by atoms with Crippen LogP contribution in [0, 0.1) is 0 Å². The summed E-state index contributed by atoms with van der Waals surface area (Å²) in [6.45, 7) is 1.57. The van der Waals surface area contributed by atoms with Crippen molar-refractivity contribution in [1.29, 1.82) is 0 Å². The van der Waals surface area contributed by atoms with Gasteiger partial charge in [0.25, 0.3) is 0 Å². The van der Waals surface area contributed by atoms with Gasteiger partial charge in [-0.15, -0.1) is 0 Å². The fourth-order valence-corrected chi connectivity index (χ4v) is 3.10. The van der Waals surface area contributed by atoms with Crippen LogP contribution in [0.4, 0.5) is 5.95 Å². The Kier molecular flexibility index (Phi) is 3.92. The maximum atomic E-state index is 5.87. The molecular weight excluding hydrogens is 240 g/mol. The molecule has 2 N–H and O–H groups in total. The van der Waals surface area contributed by atoms with Crippen molar-refractivity contribution in [3.8, 4) is 0 Å². The summed E-state index contributed by atoms with van der Waals surface area (Å²) in [5.41, 5.74) is 5.87. The first-order chi connectivity index (χ1) is 9.33. The molecule has 1 aromatic heterocycles. The molecule has 1 aliphatic heterocycles. The quantitative estimate of drug-likeness (QED) is 0.885. The topological polar surface area (TPSA) is 73.9 Å². The first-order valence-corrected chi connectivity index (χ1v) is 7.42. The second kappa shape index (κ2) is 5.82. The summed E-state index contributed by atoms with van der Waals surface area (Å²) in [5, 5.41) is 0. The highest BCUT2D eigenvalue weighted by atomic mass is 16.5. The Morgan fingerprint density at radius 3 is 2.21 bits per heavy atom. The molecule has 1 aliphatic carbocycles. The average Bonchev–Trinajstić information content (AvgIpc) is 2.48. The molecule has 5 nitrogen and oxygen atoms in total. The molecule has 1 unspecified atom stereocenters. The Hall–Kier alpha value is -1.23. The van der Waals surface area contributed by atoms with Gasteiger partial charge < -0.3 is 10.5 Å². The molecule has 1 aromatic rings. The Morgan fingerprint density at radius 2 is 1.53 bits per heavy atom. The molecule has 0 spiro atoms. The van der Waals surface area contributed by atoms with E-state index in [-0.39, 0.29) is 0 Å². The largest absolute Gasteiger partial charge is 0.381 e. The molecule has 2 aliphatic rings. The van der Waals surface area contributed by atoms with Crippen molar-refractivity contribution in [3.05, 3.63) is 11.6 Å². The number of hydrogen-bond acceptors (Lipinski definition) is 5. The van der Waals surface area contributed by atoms with Crippen LogP contribution in [0.15, 0.2) is 0 Å². The van der Waals surface area contributed by atoms with E-state index in [2.05, 4.69) is 9.97 Å². The summed E-state index contributed by atoms with van der Waals surface area (Å²) in [6.07, 6.45) is 8.42. The summed E-state index contributed by atoms with van der Waals surface area (Å²) in [4.78, 5) is 13.4. The van der Waals surface area contributed by atoms with Gasteiger partial charge in [-0.3, -0.25) is 0 Å². The van der Waals surface area contributed by atoms with Crippen LogP contribution in [0.2, 0.25) is 0 Å². The Balaban J connectivity index is 1.82. The number of nitrogens with zero attached hydrogens (tertiary/aromatic N) is 3. The van der Waals surface area contributed by atoms with Crippen LogP contribution in [-0.4, -0.2) is 28.2 Å². The van der Waals surface area contributed by atoms with Gasteiger partial charge in [-0.2, -0.15) is 9.97 Å². The predicted molar refractivity (Wildman–Crippen MR) is 72.9 cm³/mol. The van der Waals surface area contributed by atoms with E-state index in [1.54, 1.807) is 0 Å². The fraction of sp³-hybridized carbons (Fsp3) is 0.786. The van der Waals surface area contributed by atoms with Gasteiger partial charge in [-0.05, 0) is 25.7 Å². The fourth-order valence-electron chi connectivity index (χ4n) is 3.10. The highest BCUT2D eigenvalue weighted by molar-refractivity contribution is 5.19. The monoisotopic (exact) mass is 262 g/mol. The van der Waals surface area contributed by atoms with Gasteiger partial charge in [0.05, 0.1) is 6.61 Å². The molecule has 0 bridgehead atoms. The summed E-state index contributed by atoms with van der Waals surface area (Å²) in [5.74, 6) is 2.89. The van der Waals surface area contributed by atoms with Crippen molar-refractivity contribution in [2.45, 2.75) is 56.8 Å². The molecule has 0 aromatic carbocycles. The van der Waals surface area contributed by atoms with Gasteiger partial charge in [0, 0.05) is 18.4 Å². The number of anilines is 1. The van der Waals surface area contributed by atoms with Crippen LogP contribution in [0.5, 0.6) is 0 Å². The van der Waals surface area contributed by atoms with Crippen molar-refractivity contribution < 1.29 is 4.74 Å². The molecule has 1 saturated heterocycles. The lowest BCUT2D eigenvalue weighted by atomic mass is 9.88. The number of nitrogens with two attached hydrogens (primary N) is 1. The minimum absolute atomic E-state index is 0.293. The molecule has 5 heteroatoms. The summed E-state index contributed by atoms with van der Waals surface area (Å²) in [6, 6.07) is 0. The zero-order valence-electron chi connectivity index (χ0n) is 11.3. The molecule has 1 atom stereocenters. The minimum Gasteiger partial charge on any atom is -0.381 e. The molecule has 2 heterocycles. The molecule has 3 rings (SSSR count). The Labute approximate surface area is 114 Å². The smallest absolute Gasteiger partial charge is 0.223 e. The van der Waals surface area contributed by atoms with E-state index in [1.165, 1.54) is 32.1 Å². The van der Waals surface area contributed by atoms with E-state index in [0.717, 1.165) is 31.1 Å². The number of nitrogen functional groups attached to an aromatic ring is 1. The number of aromatic nitrogens is 3. The van der Waals surface area contributed by atoms with Crippen molar-refractivity contribution >= 4 is 5.95 Å². The zero-order chi connectivity index (χ0) is 13.1. The van der Waals surface area contributed by atoms with Crippen LogP contribution < -0.4 is 5.73 Å². The summed E-state index contributed by atoms with van der Waals surface area (Å²) in [7, 11) is 0. The molecule has 19 heavy (non-hydrogen) atoms. The standard InChI is InChI=1S/C14H22N4O/c15-14-17-12(10-5-2-1-3-6-10)16-13(18-14)11-7-4-8-19-9-11/h10-11H,1-9H2,(H2,15,16,17,18). The molecule has 2 fully saturated rings. The first-order valence-electron chi connectivity index (χ1n) is 7.42. The second-order valence-electron chi connectivity index (χ2n) is 5.66. The Morgan fingerprint density at radius 1 is 0.842 bits per heavy atom. The third kappa shape index (κ3) is 3.03. The lowest BCUT2D eigenvalue weighted by molar-refractivity contribution is 0.0779. The lowest BCUT2D eigenvalue weighted by Gasteiger charge is -2.23. The van der Waals surface area contributed by atoms with Crippen molar-refractivity contribution in [2.75, 3.05) is 18.9 Å². The number of hydrogen-bond donors (Lipinski definition) is 1. The van der Waals surface area contributed by atoms with Gasteiger partial charge in [-0.25, -0.2) is 4.98 Å². The summed E-state index contributed by atoms with van der Waals surface area (Å²) < 4.78 is 5.52. The van der Waals surface area contributed by atoms with Gasteiger partial charge in [0.2, 0.25) is 5.95 Å². The van der Waals surface area contributed by atoms with E-state index in [1.807, 2.05) is 0 Å². The van der Waals surface area contributed by atoms with E-state index < -0.39 is 0 Å². The van der Waals surface area contributed by atoms with E-state index in [0.29, 0.717) is 24.4 Å². The summed E-state index contributed by atoms with van der Waals surface area (Å²) >= 11 is 0. The van der Waals surface area contributed by atoms with Gasteiger partial charge in [0.15, 0.2) is 0 Å². The lowest BCUT2D eigenvalue weighted by Crippen LogP contribution is -2.21. The zero-order valence-corrected chi connectivity index (χ0v) is 11.3. The maximum Gasteiger partial charge on any atom is 0.223 e. The molecule has 0 radical (unpaired) electrons. The van der Waals surface area contributed by atoms with Crippen LogP contribution in [0.1, 0.15) is 68.4 Å². The SMILES string of the molecule is Nc1nc(C2CCCCC2)nc(C2CCCOC2)n1. The third-order valence-electron chi connectivity index (χ3n) is 4.18. The first kappa shape index (κ1) is 12.8. The van der Waals surface area contributed by atoms with E-state index in [4.69, 9.17) is 15.5 Å². The molecule has 104 valence electrons. The van der Waals surface area contributed by atoms with Crippen LogP contribution in [-0.2, 0) is 4.74 Å². The van der Waals surface area contributed by atoms with Crippen LogP contribution >= 0.6 is 0 Å². The van der Waals surface area contributed by atoms with E-state index >= 15 is 0 Å². The van der Waals surface area contributed by atoms with Crippen molar-refractivity contribution in [2.24, 2.45) is 0 Å². The van der Waals surface area contributed by atoms with Crippen molar-refractivity contribution in [1.82, 2.24) is 15.0 Å². The van der Waals surface area contributed by atoms with Crippen LogP contribution in [0.25, 0.3) is 0 Å². The van der Waals surface area contributed by atoms with Gasteiger partial charge in [-0.1, -0.05) is 19.3 Å². The minimum atomic E-state index is 0.293. The second-order valence-corrected chi connectivity index (χ2v) is 5.66. The average molecular weight is 262 g/mol. The highest BCUT2D eigenvalue weighted by Crippen LogP contribution is 2.32. The van der Waals surface area contributed by atoms with Gasteiger partial charge in [0.1, 0.15) is 11.6 Å². The predicted octanol–water partition coefficient (Wildman–Crippen LogP) is 2.40. The van der Waals surface area contributed by atoms with Crippen molar-refractivity contribution in [3.63, 3.8) is 0 Å². The number of ether oxygens (including phenoxy) is 1. The maximum absolute atomic E-state index is 5.87. The normalized spacial score (nSPS) is 25.4. The molecule has 0 amide bonds. The highest BCUT2D eigenvalue weighted by Gasteiger charge is 2.23. The molecule has 1 saturated carbocycles.